The fraction of sp³-hybridized carbons (Fsp3) is 1.00. The molecular weight excluding hydrogens is 207 g/mol. The Hall–Kier alpha value is -0.420. The van der Waals surface area contributed by atoms with Crippen LogP contribution in [0, 0.1) is 0 Å². The Morgan fingerprint density at radius 3 is 2.08 bits per heavy atom. The van der Waals surface area contributed by atoms with E-state index in [1.807, 2.05) is 0 Å². The molecule has 0 aliphatic rings. The SMILES string of the molecule is O=S(=O)(ON(O)CO)C(F)(F)F. The van der Waals surface area contributed by atoms with E-state index in [1.54, 1.807) is 0 Å². The molecule has 0 saturated carbocycles. The van der Waals surface area contributed by atoms with E-state index in [-0.39, 0.29) is 0 Å². The average Bonchev–Trinajstić information content (AvgIpc) is 1.84. The molecule has 0 saturated heterocycles. The molecule has 0 fully saturated rings. The lowest BCUT2D eigenvalue weighted by Crippen LogP contribution is -2.33. The summed E-state index contributed by atoms with van der Waals surface area (Å²) in [4.78, 5) is 0. The van der Waals surface area contributed by atoms with E-state index in [4.69, 9.17) is 10.3 Å². The van der Waals surface area contributed by atoms with E-state index >= 15 is 0 Å². The molecule has 0 aromatic carbocycles. The van der Waals surface area contributed by atoms with Gasteiger partial charge >= 0.3 is 15.6 Å². The number of nitrogens with zero attached hydrogens (tertiary/aromatic N) is 1. The first-order valence-electron chi connectivity index (χ1n) is 2.29. The van der Waals surface area contributed by atoms with Gasteiger partial charge in [0.2, 0.25) is 0 Å². The van der Waals surface area contributed by atoms with E-state index in [2.05, 4.69) is 4.28 Å². The molecule has 0 spiro atoms. The van der Waals surface area contributed by atoms with Crippen LogP contribution in [0.15, 0.2) is 0 Å². The summed E-state index contributed by atoms with van der Waals surface area (Å²) in [6.07, 6.45) is 0. The van der Waals surface area contributed by atoms with Gasteiger partial charge in [0, 0.05) is 0 Å². The van der Waals surface area contributed by atoms with Gasteiger partial charge in [-0.05, 0) is 5.23 Å². The van der Waals surface area contributed by atoms with Crippen LogP contribution < -0.4 is 0 Å². The lowest BCUT2D eigenvalue weighted by Gasteiger charge is -2.11. The minimum Gasteiger partial charge on any atom is -0.376 e. The molecule has 0 aliphatic heterocycles. The number of halogens is 3. The summed E-state index contributed by atoms with van der Waals surface area (Å²) in [6.45, 7) is -1.41. The lowest BCUT2D eigenvalue weighted by atomic mass is 11.3. The molecule has 0 aliphatic carbocycles. The van der Waals surface area contributed by atoms with Crippen molar-refractivity contribution >= 4 is 10.1 Å². The van der Waals surface area contributed by atoms with Crippen molar-refractivity contribution in [1.82, 2.24) is 5.23 Å². The van der Waals surface area contributed by atoms with E-state index in [1.165, 1.54) is 0 Å². The van der Waals surface area contributed by atoms with E-state index in [9.17, 15) is 21.6 Å². The number of aliphatic hydroxyl groups is 1. The summed E-state index contributed by atoms with van der Waals surface area (Å²) in [5.41, 5.74) is -5.64. The first kappa shape index (κ1) is 11.6. The first-order valence-corrected chi connectivity index (χ1v) is 3.69. The van der Waals surface area contributed by atoms with Crippen molar-refractivity contribution in [2.75, 3.05) is 6.73 Å². The molecule has 0 rings (SSSR count). The van der Waals surface area contributed by atoms with E-state index in [0.717, 1.165) is 0 Å². The van der Waals surface area contributed by atoms with Crippen molar-refractivity contribution < 1.29 is 36.2 Å². The lowest BCUT2D eigenvalue weighted by molar-refractivity contribution is -0.313. The molecule has 0 atom stereocenters. The van der Waals surface area contributed by atoms with Crippen LogP contribution in [0.3, 0.4) is 0 Å². The predicted molar refractivity (Wildman–Crippen MR) is 26.8 cm³/mol. The Morgan fingerprint density at radius 2 is 1.83 bits per heavy atom. The third-order valence-corrected chi connectivity index (χ3v) is 1.52. The first-order chi connectivity index (χ1) is 5.20. The Labute approximate surface area is 64.8 Å². The maximum absolute atomic E-state index is 11.4. The van der Waals surface area contributed by atoms with Crippen LogP contribution >= 0.6 is 0 Å². The molecule has 0 aromatic rings. The second-order valence-electron chi connectivity index (χ2n) is 1.47. The molecule has 74 valence electrons. The monoisotopic (exact) mass is 211 g/mol. The highest BCUT2D eigenvalue weighted by molar-refractivity contribution is 7.87. The standard InChI is InChI=1S/C2H4F3NO5S/c3-2(4,5)12(9,10)11-6(8)1-7/h7-8H,1H2. The van der Waals surface area contributed by atoms with Crippen LogP contribution in [0.25, 0.3) is 0 Å². The highest BCUT2D eigenvalue weighted by Gasteiger charge is 2.48. The molecule has 0 aromatic heterocycles. The van der Waals surface area contributed by atoms with Crippen molar-refractivity contribution in [3.63, 3.8) is 0 Å². The summed E-state index contributed by atoms with van der Waals surface area (Å²) < 4.78 is 57.1. The van der Waals surface area contributed by atoms with Gasteiger partial charge in [-0.25, -0.2) is 0 Å². The minimum absolute atomic E-state index is 0.872. The predicted octanol–water partition coefficient (Wildman–Crippen LogP) is -0.591. The Morgan fingerprint density at radius 1 is 1.42 bits per heavy atom. The fourth-order valence-electron chi connectivity index (χ4n) is 0.179. The smallest absolute Gasteiger partial charge is 0.376 e. The third-order valence-electron chi connectivity index (χ3n) is 0.589. The summed E-state index contributed by atoms with van der Waals surface area (Å²) >= 11 is 0. The average molecular weight is 211 g/mol. The van der Waals surface area contributed by atoms with Crippen LogP contribution in [-0.4, -0.2) is 36.2 Å². The van der Waals surface area contributed by atoms with Crippen LogP contribution in [0.4, 0.5) is 13.2 Å². The number of hydroxylamine groups is 2. The highest BCUT2D eigenvalue weighted by Crippen LogP contribution is 2.24. The van der Waals surface area contributed by atoms with Crippen LogP contribution in [-0.2, 0) is 14.4 Å². The number of rotatable bonds is 3. The summed E-state index contributed by atoms with van der Waals surface area (Å²) in [5.74, 6) is 0. The molecule has 2 N–H and O–H groups in total. The zero-order valence-corrected chi connectivity index (χ0v) is 6.13. The van der Waals surface area contributed by atoms with Gasteiger partial charge in [-0.15, -0.1) is 4.28 Å². The highest BCUT2D eigenvalue weighted by atomic mass is 32.2. The topological polar surface area (TPSA) is 87.1 Å². The second kappa shape index (κ2) is 3.53. The van der Waals surface area contributed by atoms with E-state index < -0.39 is 27.6 Å². The quantitative estimate of drug-likeness (QED) is 0.368. The Balaban J connectivity index is 4.46. The number of alkyl halides is 3. The van der Waals surface area contributed by atoms with Crippen molar-refractivity contribution in [3.8, 4) is 0 Å². The third kappa shape index (κ3) is 2.91. The maximum Gasteiger partial charge on any atom is 0.524 e. The molecule has 0 radical (unpaired) electrons. The van der Waals surface area contributed by atoms with Gasteiger partial charge < -0.3 is 5.11 Å². The molecule has 10 heteroatoms. The van der Waals surface area contributed by atoms with Crippen molar-refractivity contribution in [1.29, 1.82) is 0 Å². The van der Waals surface area contributed by atoms with Crippen LogP contribution in [0.5, 0.6) is 0 Å². The van der Waals surface area contributed by atoms with Gasteiger partial charge in [-0.2, -0.15) is 21.6 Å². The molecule has 0 amide bonds. The van der Waals surface area contributed by atoms with Gasteiger partial charge in [-0.1, -0.05) is 0 Å². The summed E-state index contributed by atoms with van der Waals surface area (Å²) in [7, 11) is -5.89. The second-order valence-corrected chi connectivity index (χ2v) is 2.99. The van der Waals surface area contributed by atoms with Gasteiger partial charge in [-0.3, -0.25) is 5.21 Å². The van der Waals surface area contributed by atoms with Gasteiger partial charge in [0.15, 0.2) is 0 Å². The molecule has 6 nitrogen and oxygen atoms in total. The fourth-order valence-corrected chi connectivity index (χ4v) is 0.537. The van der Waals surface area contributed by atoms with Crippen LogP contribution in [0.2, 0.25) is 0 Å². The zero-order chi connectivity index (χ0) is 9.99. The normalized spacial score (nSPS) is 13.8. The number of aliphatic hydroxyl groups excluding tert-OH is 1. The largest absolute Gasteiger partial charge is 0.524 e. The van der Waals surface area contributed by atoms with Gasteiger partial charge in [0.1, 0.15) is 6.73 Å². The maximum atomic E-state index is 11.4. The van der Waals surface area contributed by atoms with Crippen molar-refractivity contribution in [3.05, 3.63) is 0 Å². The summed E-state index contributed by atoms with van der Waals surface area (Å²) in [5, 5.41) is 15.0. The molecule has 0 bridgehead atoms. The Bertz CT molecular complexity index is 234. The molecule has 0 heterocycles. The van der Waals surface area contributed by atoms with Crippen molar-refractivity contribution in [2.45, 2.75) is 5.51 Å². The van der Waals surface area contributed by atoms with E-state index in [0.29, 0.717) is 0 Å². The zero-order valence-electron chi connectivity index (χ0n) is 5.32. The van der Waals surface area contributed by atoms with Gasteiger partial charge in [0.05, 0.1) is 0 Å². The summed E-state index contributed by atoms with van der Waals surface area (Å²) in [6, 6.07) is 0. The Kier molecular flexibility index (Phi) is 3.41. The van der Waals surface area contributed by atoms with Gasteiger partial charge in [0.25, 0.3) is 0 Å². The van der Waals surface area contributed by atoms with Crippen LogP contribution in [0.1, 0.15) is 0 Å². The molecule has 0 unspecified atom stereocenters. The molecule has 12 heavy (non-hydrogen) atoms. The molecular formula is C2H4F3NO5S. The van der Waals surface area contributed by atoms with Crippen molar-refractivity contribution in [2.24, 2.45) is 0 Å². The minimum atomic E-state index is -5.89. The number of hydrogen-bond donors (Lipinski definition) is 2. The number of hydrogen-bond acceptors (Lipinski definition) is 6.